The lowest BCUT2D eigenvalue weighted by Crippen LogP contribution is -2.48. The van der Waals surface area contributed by atoms with Crippen molar-refractivity contribution in [1.29, 1.82) is 0 Å². The quantitative estimate of drug-likeness (QED) is 0.734. The van der Waals surface area contributed by atoms with Gasteiger partial charge in [-0.05, 0) is 36.4 Å². The van der Waals surface area contributed by atoms with Crippen LogP contribution < -0.4 is 4.90 Å². The Morgan fingerprint density at radius 2 is 1.52 bits per heavy atom. The summed E-state index contributed by atoms with van der Waals surface area (Å²) >= 11 is 0. The summed E-state index contributed by atoms with van der Waals surface area (Å²) in [6.07, 6.45) is 2.79. The number of alkyl halides is 2. The summed E-state index contributed by atoms with van der Waals surface area (Å²) < 4.78 is 74.6. The summed E-state index contributed by atoms with van der Waals surface area (Å²) in [5.41, 5.74) is 0.640. The second-order valence-corrected chi connectivity index (χ2v) is 9.74. The van der Waals surface area contributed by atoms with Crippen molar-refractivity contribution in [3.05, 3.63) is 48.8 Å². The highest BCUT2D eigenvalue weighted by molar-refractivity contribution is 7.91. The summed E-state index contributed by atoms with van der Waals surface area (Å²) in [6.45, 7) is 1.27. The van der Waals surface area contributed by atoms with Gasteiger partial charge in [-0.2, -0.15) is 13.1 Å². The minimum atomic E-state index is -4.63. The molecule has 1 fully saturated rings. The van der Waals surface area contributed by atoms with Crippen molar-refractivity contribution in [3.8, 4) is 0 Å². The van der Waals surface area contributed by atoms with E-state index < -0.39 is 30.5 Å². The third kappa shape index (κ3) is 3.94. The van der Waals surface area contributed by atoms with Crippen LogP contribution in [0.1, 0.15) is 0 Å². The van der Waals surface area contributed by atoms with Crippen LogP contribution in [0.4, 0.5) is 14.5 Å². The topological polar surface area (TPSA) is 87.7 Å². The van der Waals surface area contributed by atoms with Crippen molar-refractivity contribution in [3.63, 3.8) is 0 Å². The van der Waals surface area contributed by atoms with Crippen LogP contribution in [0.25, 0.3) is 0 Å². The predicted octanol–water partition coefficient (Wildman–Crippen LogP) is 1.59. The van der Waals surface area contributed by atoms with Crippen LogP contribution in [-0.2, 0) is 19.9 Å². The van der Waals surface area contributed by atoms with E-state index in [0.29, 0.717) is 18.8 Å². The monoisotopic (exact) mass is 417 g/mol. The fourth-order valence-corrected chi connectivity index (χ4v) is 4.89. The third-order valence-corrected chi connectivity index (χ3v) is 7.56. The molecule has 27 heavy (non-hydrogen) atoms. The zero-order chi connectivity index (χ0) is 19.7. The van der Waals surface area contributed by atoms with Crippen LogP contribution in [0.5, 0.6) is 0 Å². The standard InChI is InChI=1S/C16H17F2N3O4S2/c17-16(18)26(22,23)14-5-3-13(4-6-14)20-8-10-21(11-9-20)27(24,25)15-2-1-7-19-12-15/h1-7,12,16H,8-11H2. The predicted molar refractivity (Wildman–Crippen MR) is 94.8 cm³/mol. The number of piperazine rings is 1. The molecule has 3 rings (SSSR count). The van der Waals surface area contributed by atoms with Crippen molar-refractivity contribution in [2.24, 2.45) is 0 Å². The number of anilines is 1. The molecule has 146 valence electrons. The van der Waals surface area contributed by atoms with Crippen molar-refractivity contribution in [2.45, 2.75) is 15.5 Å². The smallest absolute Gasteiger partial charge is 0.341 e. The second kappa shape index (κ2) is 7.49. The molecule has 1 aromatic carbocycles. The normalized spacial score (nSPS) is 16.6. The van der Waals surface area contributed by atoms with Gasteiger partial charge < -0.3 is 4.90 Å². The van der Waals surface area contributed by atoms with E-state index in [1.807, 2.05) is 4.90 Å². The van der Waals surface area contributed by atoms with E-state index in [4.69, 9.17) is 0 Å². The van der Waals surface area contributed by atoms with Crippen molar-refractivity contribution in [2.75, 3.05) is 31.1 Å². The highest BCUT2D eigenvalue weighted by atomic mass is 32.2. The average Bonchev–Trinajstić information content (AvgIpc) is 2.69. The molecule has 1 aromatic heterocycles. The van der Waals surface area contributed by atoms with Gasteiger partial charge in [-0.15, -0.1) is 0 Å². The number of rotatable bonds is 5. The molecular formula is C16H17F2N3O4S2. The molecule has 2 aromatic rings. The Kier molecular flexibility index (Phi) is 5.45. The molecule has 0 unspecified atom stereocenters. The SMILES string of the molecule is O=S(=O)(c1ccc(N2CCN(S(=O)(=O)c3cccnc3)CC2)cc1)C(F)F. The molecule has 0 N–H and O–H groups in total. The van der Waals surface area contributed by atoms with Gasteiger partial charge in [0.05, 0.1) is 4.90 Å². The van der Waals surface area contributed by atoms with E-state index in [-0.39, 0.29) is 18.0 Å². The van der Waals surface area contributed by atoms with Gasteiger partial charge in [-0.3, -0.25) is 4.98 Å². The van der Waals surface area contributed by atoms with Gasteiger partial charge in [0.15, 0.2) is 0 Å². The summed E-state index contributed by atoms with van der Waals surface area (Å²) in [5, 5.41) is 0. The molecule has 0 aliphatic carbocycles. The highest BCUT2D eigenvalue weighted by Gasteiger charge is 2.29. The van der Waals surface area contributed by atoms with E-state index in [1.165, 1.54) is 34.9 Å². The number of benzene rings is 1. The summed E-state index contributed by atoms with van der Waals surface area (Å²) in [5.74, 6) is -3.47. The summed E-state index contributed by atoms with van der Waals surface area (Å²) in [6, 6.07) is 8.20. The molecule has 0 amide bonds. The number of aromatic nitrogens is 1. The first kappa shape index (κ1) is 19.6. The fraction of sp³-hybridized carbons (Fsp3) is 0.312. The maximum absolute atomic E-state index is 12.6. The molecule has 2 heterocycles. The van der Waals surface area contributed by atoms with Crippen LogP contribution >= 0.6 is 0 Å². The molecule has 7 nitrogen and oxygen atoms in total. The maximum atomic E-state index is 12.6. The Morgan fingerprint density at radius 1 is 0.889 bits per heavy atom. The Balaban J connectivity index is 1.69. The Labute approximate surface area is 156 Å². The lowest BCUT2D eigenvalue weighted by molar-refractivity contribution is 0.234. The second-order valence-electron chi connectivity index (χ2n) is 5.88. The average molecular weight is 417 g/mol. The molecule has 0 saturated carbocycles. The van der Waals surface area contributed by atoms with Crippen molar-refractivity contribution < 1.29 is 25.6 Å². The van der Waals surface area contributed by atoms with Crippen LogP contribution in [0.2, 0.25) is 0 Å². The third-order valence-electron chi connectivity index (χ3n) is 4.28. The highest BCUT2D eigenvalue weighted by Crippen LogP contribution is 2.24. The van der Waals surface area contributed by atoms with Crippen LogP contribution in [0.3, 0.4) is 0 Å². The number of sulfone groups is 1. The Bertz CT molecular complexity index is 990. The lowest BCUT2D eigenvalue weighted by atomic mass is 10.2. The lowest BCUT2D eigenvalue weighted by Gasteiger charge is -2.35. The zero-order valence-corrected chi connectivity index (χ0v) is 15.7. The van der Waals surface area contributed by atoms with Crippen molar-refractivity contribution in [1.82, 2.24) is 9.29 Å². The van der Waals surface area contributed by atoms with E-state index in [2.05, 4.69) is 4.98 Å². The van der Waals surface area contributed by atoms with Crippen LogP contribution in [-0.4, -0.2) is 58.1 Å². The largest absolute Gasteiger partial charge is 0.369 e. The number of hydrogen-bond acceptors (Lipinski definition) is 6. The Hall–Kier alpha value is -2.11. The molecule has 1 aliphatic rings. The van der Waals surface area contributed by atoms with Gasteiger partial charge in [0.2, 0.25) is 19.9 Å². The molecule has 0 atom stereocenters. The molecule has 11 heteroatoms. The summed E-state index contributed by atoms with van der Waals surface area (Å²) in [4.78, 5) is 5.38. The van der Waals surface area contributed by atoms with E-state index in [0.717, 1.165) is 12.1 Å². The first-order valence-electron chi connectivity index (χ1n) is 8.00. The van der Waals surface area contributed by atoms with Crippen molar-refractivity contribution >= 4 is 25.5 Å². The number of sulfonamides is 1. The molecule has 1 aliphatic heterocycles. The van der Waals surface area contributed by atoms with Gasteiger partial charge >= 0.3 is 5.76 Å². The first-order valence-corrected chi connectivity index (χ1v) is 11.0. The number of halogens is 2. The van der Waals surface area contributed by atoms with E-state index >= 15 is 0 Å². The minimum Gasteiger partial charge on any atom is -0.369 e. The number of nitrogens with zero attached hydrogens (tertiary/aromatic N) is 3. The van der Waals surface area contributed by atoms with Crippen LogP contribution in [0, 0.1) is 0 Å². The zero-order valence-electron chi connectivity index (χ0n) is 14.1. The van der Waals surface area contributed by atoms with Gasteiger partial charge in [-0.1, -0.05) is 0 Å². The maximum Gasteiger partial charge on any atom is 0.341 e. The number of pyridine rings is 1. The van der Waals surface area contributed by atoms with Crippen LogP contribution in [0.15, 0.2) is 58.6 Å². The van der Waals surface area contributed by atoms with Gasteiger partial charge in [0.1, 0.15) is 4.90 Å². The molecule has 0 bridgehead atoms. The molecule has 0 spiro atoms. The fourth-order valence-electron chi connectivity index (χ4n) is 2.78. The van der Waals surface area contributed by atoms with Gasteiger partial charge in [0, 0.05) is 44.3 Å². The first-order chi connectivity index (χ1) is 12.7. The summed E-state index contributed by atoms with van der Waals surface area (Å²) in [7, 11) is -8.25. The Morgan fingerprint density at radius 3 is 2.04 bits per heavy atom. The molecule has 0 radical (unpaired) electrons. The molecular weight excluding hydrogens is 400 g/mol. The van der Waals surface area contributed by atoms with E-state index in [9.17, 15) is 25.6 Å². The van der Waals surface area contributed by atoms with E-state index in [1.54, 1.807) is 6.07 Å². The number of hydrogen-bond donors (Lipinski definition) is 0. The van der Waals surface area contributed by atoms with Gasteiger partial charge in [0.25, 0.3) is 0 Å². The van der Waals surface area contributed by atoms with Gasteiger partial charge in [-0.25, -0.2) is 16.8 Å². The minimum absolute atomic E-state index is 0.125. The molecule has 1 saturated heterocycles.